The van der Waals surface area contributed by atoms with Crippen LogP contribution in [0.1, 0.15) is 44.7 Å². The minimum Gasteiger partial charge on any atom is -0.310 e. The summed E-state index contributed by atoms with van der Waals surface area (Å²) in [4.78, 5) is 1.34. The second-order valence-electron chi connectivity index (χ2n) is 4.07. The van der Waals surface area contributed by atoms with E-state index in [4.69, 9.17) is 0 Å². The number of hydrogen-bond donors (Lipinski definition) is 1. The monoisotopic (exact) mass is 237 g/mol. The number of thioether (sulfide) groups is 1. The lowest BCUT2D eigenvalue weighted by molar-refractivity contribution is 0.494. The van der Waals surface area contributed by atoms with Crippen molar-refractivity contribution >= 4 is 11.8 Å². The van der Waals surface area contributed by atoms with Gasteiger partial charge in [-0.2, -0.15) is 0 Å². The number of hydrogen-bond acceptors (Lipinski definition) is 2. The van der Waals surface area contributed by atoms with E-state index in [1.165, 1.54) is 29.7 Å². The average Bonchev–Trinajstić information content (AvgIpc) is 2.35. The van der Waals surface area contributed by atoms with Crippen LogP contribution in [0.3, 0.4) is 0 Å². The molecule has 1 unspecified atom stereocenters. The molecule has 1 rings (SSSR count). The van der Waals surface area contributed by atoms with E-state index in [0.717, 1.165) is 6.54 Å². The van der Waals surface area contributed by atoms with Gasteiger partial charge >= 0.3 is 0 Å². The molecule has 0 aliphatic rings. The Labute approximate surface area is 104 Å². The first kappa shape index (κ1) is 13.6. The van der Waals surface area contributed by atoms with Gasteiger partial charge < -0.3 is 5.32 Å². The van der Waals surface area contributed by atoms with Gasteiger partial charge in [-0.3, -0.25) is 0 Å². The Morgan fingerprint density at radius 1 is 1.12 bits per heavy atom. The maximum atomic E-state index is 3.62. The predicted molar refractivity (Wildman–Crippen MR) is 74.2 cm³/mol. The van der Waals surface area contributed by atoms with Crippen LogP contribution in [0.4, 0.5) is 0 Å². The van der Waals surface area contributed by atoms with Crippen LogP contribution in [0.25, 0.3) is 0 Å². The summed E-state index contributed by atoms with van der Waals surface area (Å²) >= 11 is 1.80. The Morgan fingerprint density at radius 3 is 2.31 bits per heavy atom. The molecule has 0 saturated heterocycles. The molecule has 0 aliphatic heterocycles. The molecule has 90 valence electrons. The molecular weight excluding hydrogens is 214 g/mol. The number of nitrogens with one attached hydrogen (secondary N) is 1. The fraction of sp³-hybridized carbons (Fsp3) is 0.571. The van der Waals surface area contributed by atoms with Gasteiger partial charge in [-0.05, 0) is 43.3 Å². The summed E-state index contributed by atoms with van der Waals surface area (Å²) in [5.74, 6) is 0. The second-order valence-corrected chi connectivity index (χ2v) is 4.95. The second kappa shape index (κ2) is 7.75. The van der Waals surface area contributed by atoms with Crippen LogP contribution < -0.4 is 5.32 Å². The van der Waals surface area contributed by atoms with Crippen molar-refractivity contribution in [1.29, 1.82) is 0 Å². The molecule has 0 aromatic heterocycles. The fourth-order valence-corrected chi connectivity index (χ4v) is 2.24. The molecule has 1 aromatic carbocycles. The molecule has 0 aliphatic carbocycles. The normalized spacial score (nSPS) is 12.7. The lowest BCUT2D eigenvalue weighted by atomic mass is 10.0. The van der Waals surface area contributed by atoms with Crippen molar-refractivity contribution in [3.63, 3.8) is 0 Å². The molecule has 0 saturated carbocycles. The van der Waals surface area contributed by atoms with Crippen LogP contribution in [0.5, 0.6) is 0 Å². The van der Waals surface area contributed by atoms with Crippen molar-refractivity contribution in [2.24, 2.45) is 0 Å². The SMILES string of the molecule is CCCNC(CCC)c1ccc(SC)cc1. The maximum Gasteiger partial charge on any atom is 0.0320 e. The van der Waals surface area contributed by atoms with Crippen LogP contribution in [0.2, 0.25) is 0 Å². The van der Waals surface area contributed by atoms with E-state index in [1.54, 1.807) is 11.8 Å². The average molecular weight is 237 g/mol. The predicted octanol–water partition coefficient (Wildman–Crippen LogP) is 4.25. The van der Waals surface area contributed by atoms with Gasteiger partial charge in [0.2, 0.25) is 0 Å². The van der Waals surface area contributed by atoms with E-state index in [0.29, 0.717) is 6.04 Å². The Morgan fingerprint density at radius 2 is 1.81 bits per heavy atom. The lowest BCUT2D eigenvalue weighted by Crippen LogP contribution is -2.21. The number of benzene rings is 1. The molecule has 0 spiro atoms. The third-order valence-corrected chi connectivity index (χ3v) is 3.48. The third kappa shape index (κ3) is 4.18. The zero-order chi connectivity index (χ0) is 11.8. The van der Waals surface area contributed by atoms with Crippen LogP contribution in [-0.4, -0.2) is 12.8 Å². The molecule has 16 heavy (non-hydrogen) atoms. The van der Waals surface area contributed by atoms with Gasteiger partial charge in [0.15, 0.2) is 0 Å². The van der Waals surface area contributed by atoms with Gasteiger partial charge in [0.05, 0.1) is 0 Å². The Kier molecular flexibility index (Phi) is 6.58. The van der Waals surface area contributed by atoms with Crippen LogP contribution in [-0.2, 0) is 0 Å². The van der Waals surface area contributed by atoms with Gasteiger partial charge in [0.1, 0.15) is 0 Å². The summed E-state index contributed by atoms with van der Waals surface area (Å²) in [7, 11) is 0. The molecule has 1 N–H and O–H groups in total. The largest absolute Gasteiger partial charge is 0.310 e. The first-order chi connectivity index (χ1) is 7.81. The number of rotatable bonds is 7. The zero-order valence-corrected chi connectivity index (χ0v) is 11.4. The van der Waals surface area contributed by atoms with E-state index in [9.17, 15) is 0 Å². The molecule has 1 nitrogen and oxygen atoms in total. The molecule has 0 radical (unpaired) electrons. The quantitative estimate of drug-likeness (QED) is 0.712. The summed E-state index contributed by atoms with van der Waals surface area (Å²) in [5, 5.41) is 3.62. The van der Waals surface area contributed by atoms with Gasteiger partial charge in [-0.25, -0.2) is 0 Å². The van der Waals surface area contributed by atoms with Crippen LogP contribution in [0.15, 0.2) is 29.2 Å². The highest BCUT2D eigenvalue weighted by atomic mass is 32.2. The van der Waals surface area contributed by atoms with E-state index >= 15 is 0 Å². The van der Waals surface area contributed by atoms with E-state index in [2.05, 4.69) is 49.7 Å². The van der Waals surface area contributed by atoms with Crippen LogP contribution in [0, 0.1) is 0 Å². The topological polar surface area (TPSA) is 12.0 Å². The molecule has 0 amide bonds. The van der Waals surface area contributed by atoms with Gasteiger partial charge in [0, 0.05) is 10.9 Å². The minimum absolute atomic E-state index is 0.529. The van der Waals surface area contributed by atoms with E-state index < -0.39 is 0 Å². The molecule has 0 fully saturated rings. The standard InChI is InChI=1S/C14H23NS/c1-4-6-14(15-11-5-2)12-7-9-13(16-3)10-8-12/h7-10,14-15H,4-6,11H2,1-3H3. The molecule has 1 atom stereocenters. The van der Waals surface area contributed by atoms with Gasteiger partial charge in [-0.15, -0.1) is 11.8 Å². The highest BCUT2D eigenvalue weighted by Gasteiger charge is 2.08. The summed E-state index contributed by atoms with van der Waals surface area (Å²) in [5.41, 5.74) is 1.42. The van der Waals surface area contributed by atoms with Crippen molar-refractivity contribution in [3.8, 4) is 0 Å². The fourth-order valence-electron chi connectivity index (χ4n) is 1.83. The van der Waals surface area contributed by atoms with Gasteiger partial charge in [0.25, 0.3) is 0 Å². The van der Waals surface area contributed by atoms with Crippen molar-refractivity contribution in [3.05, 3.63) is 29.8 Å². The summed E-state index contributed by atoms with van der Waals surface area (Å²) in [6, 6.07) is 9.48. The maximum absolute atomic E-state index is 3.62. The first-order valence-corrected chi connectivity index (χ1v) is 7.41. The summed E-state index contributed by atoms with van der Waals surface area (Å²) in [6.45, 7) is 5.57. The van der Waals surface area contributed by atoms with E-state index in [1.807, 2.05) is 0 Å². The molecular formula is C14H23NS. The van der Waals surface area contributed by atoms with Crippen molar-refractivity contribution < 1.29 is 0 Å². The van der Waals surface area contributed by atoms with Crippen molar-refractivity contribution in [2.75, 3.05) is 12.8 Å². The molecule has 1 aromatic rings. The van der Waals surface area contributed by atoms with Crippen LogP contribution >= 0.6 is 11.8 Å². The van der Waals surface area contributed by atoms with Crippen molar-refractivity contribution in [1.82, 2.24) is 5.32 Å². The Balaban J connectivity index is 2.67. The smallest absolute Gasteiger partial charge is 0.0320 e. The molecule has 2 heteroatoms. The van der Waals surface area contributed by atoms with Crippen molar-refractivity contribution in [2.45, 2.75) is 44.0 Å². The highest BCUT2D eigenvalue weighted by molar-refractivity contribution is 7.98. The Bertz CT molecular complexity index is 281. The highest BCUT2D eigenvalue weighted by Crippen LogP contribution is 2.22. The Hall–Kier alpha value is -0.470. The van der Waals surface area contributed by atoms with E-state index in [-0.39, 0.29) is 0 Å². The summed E-state index contributed by atoms with van der Waals surface area (Å²) < 4.78 is 0. The first-order valence-electron chi connectivity index (χ1n) is 6.19. The molecule has 0 bridgehead atoms. The molecule has 0 heterocycles. The third-order valence-electron chi connectivity index (χ3n) is 2.74. The zero-order valence-electron chi connectivity index (χ0n) is 10.6. The summed E-state index contributed by atoms with van der Waals surface area (Å²) in [6.07, 6.45) is 5.77. The minimum atomic E-state index is 0.529. The lowest BCUT2D eigenvalue weighted by Gasteiger charge is -2.18. The van der Waals surface area contributed by atoms with Gasteiger partial charge in [-0.1, -0.05) is 32.4 Å².